The Kier molecular flexibility index (Phi) is 3.15. The summed E-state index contributed by atoms with van der Waals surface area (Å²) >= 11 is 0. The molecule has 0 spiro atoms. The summed E-state index contributed by atoms with van der Waals surface area (Å²) in [5.74, 6) is -0.331. The topological polar surface area (TPSA) is 46.3 Å². The van der Waals surface area contributed by atoms with Crippen LogP contribution in [-0.4, -0.2) is 16.8 Å². The molecule has 0 bridgehead atoms. The predicted molar refractivity (Wildman–Crippen MR) is 68.1 cm³/mol. The number of fused-ring (bicyclic) bond motifs is 1. The van der Waals surface area contributed by atoms with E-state index in [9.17, 15) is 9.18 Å². The molecule has 98 valence electrons. The number of carbonyl (C=O) groups excluding carboxylic acids is 1. The van der Waals surface area contributed by atoms with Crippen LogP contribution in [0.3, 0.4) is 0 Å². The number of nitrogens with zero attached hydrogens (tertiary/aromatic N) is 1. The number of amides is 1. The molecule has 0 saturated carbocycles. The Balaban J connectivity index is 2.14. The first kappa shape index (κ1) is 13.0. The van der Waals surface area contributed by atoms with Crippen molar-refractivity contribution >= 4 is 5.91 Å². The van der Waals surface area contributed by atoms with Crippen molar-refractivity contribution in [1.29, 1.82) is 0 Å². The number of benzene rings is 1. The van der Waals surface area contributed by atoms with Crippen LogP contribution in [0.25, 0.3) is 0 Å². The highest BCUT2D eigenvalue weighted by Crippen LogP contribution is 2.26. The predicted octanol–water partition coefficient (Wildman–Crippen LogP) is 2.04. The standard InChI is InChI=1S/C14H19FN2O/c1-14(2,3)12(16)13(18)17-7-9-4-5-11(15)6-10(9)8-17/h4-6,12H,7-8,16H2,1-3H3. The molecule has 18 heavy (non-hydrogen) atoms. The van der Waals surface area contributed by atoms with Gasteiger partial charge >= 0.3 is 0 Å². The van der Waals surface area contributed by atoms with Gasteiger partial charge in [0.25, 0.3) is 0 Å². The average molecular weight is 250 g/mol. The Hall–Kier alpha value is -1.42. The summed E-state index contributed by atoms with van der Waals surface area (Å²) in [6.07, 6.45) is 0. The van der Waals surface area contributed by atoms with Crippen LogP contribution in [0.4, 0.5) is 4.39 Å². The van der Waals surface area contributed by atoms with Crippen molar-refractivity contribution in [2.45, 2.75) is 39.9 Å². The van der Waals surface area contributed by atoms with Crippen LogP contribution in [0.1, 0.15) is 31.9 Å². The maximum absolute atomic E-state index is 13.1. The number of halogens is 1. The van der Waals surface area contributed by atoms with Crippen molar-refractivity contribution in [2.24, 2.45) is 11.1 Å². The SMILES string of the molecule is CC(C)(C)C(N)C(=O)N1Cc2ccc(F)cc2C1. The smallest absolute Gasteiger partial charge is 0.240 e. The molecule has 1 unspecified atom stereocenters. The van der Waals surface area contributed by atoms with Gasteiger partial charge in [-0.2, -0.15) is 0 Å². The molecule has 1 aliphatic heterocycles. The van der Waals surface area contributed by atoms with Gasteiger partial charge in [0.2, 0.25) is 5.91 Å². The summed E-state index contributed by atoms with van der Waals surface area (Å²) < 4.78 is 13.1. The van der Waals surface area contributed by atoms with Crippen LogP contribution in [0.15, 0.2) is 18.2 Å². The van der Waals surface area contributed by atoms with E-state index < -0.39 is 6.04 Å². The van der Waals surface area contributed by atoms with E-state index in [0.717, 1.165) is 11.1 Å². The number of hydrogen-bond donors (Lipinski definition) is 1. The maximum atomic E-state index is 13.1. The zero-order valence-electron chi connectivity index (χ0n) is 11.0. The Labute approximate surface area is 107 Å². The zero-order valence-corrected chi connectivity index (χ0v) is 11.0. The lowest BCUT2D eigenvalue weighted by Gasteiger charge is -2.29. The second kappa shape index (κ2) is 4.35. The number of rotatable bonds is 1. The van der Waals surface area contributed by atoms with Crippen molar-refractivity contribution in [2.75, 3.05) is 0 Å². The summed E-state index contributed by atoms with van der Waals surface area (Å²) in [7, 11) is 0. The van der Waals surface area contributed by atoms with Crippen molar-refractivity contribution < 1.29 is 9.18 Å². The van der Waals surface area contributed by atoms with Gasteiger partial charge < -0.3 is 10.6 Å². The van der Waals surface area contributed by atoms with E-state index >= 15 is 0 Å². The van der Waals surface area contributed by atoms with Crippen molar-refractivity contribution in [1.82, 2.24) is 4.90 Å². The monoisotopic (exact) mass is 250 g/mol. The van der Waals surface area contributed by atoms with Crippen LogP contribution < -0.4 is 5.73 Å². The van der Waals surface area contributed by atoms with Crippen molar-refractivity contribution in [3.05, 3.63) is 35.1 Å². The third-order valence-electron chi connectivity index (χ3n) is 3.40. The van der Waals surface area contributed by atoms with Gasteiger partial charge in [0.15, 0.2) is 0 Å². The van der Waals surface area contributed by atoms with Gasteiger partial charge in [-0.05, 0) is 28.7 Å². The van der Waals surface area contributed by atoms with Crippen LogP contribution in [0, 0.1) is 11.2 Å². The van der Waals surface area contributed by atoms with Crippen LogP contribution in [0.2, 0.25) is 0 Å². The number of hydrogen-bond acceptors (Lipinski definition) is 2. The van der Waals surface area contributed by atoms with E-state index in [-0.39, 0.29) is 17.1 Å². The fourth-order valence-corrected chi connectivity index (χ4v) is 2.09. The molecular formula is C14H19FN2O. The summed E-state index contributed by atoms with van der Waals surface area (Å²) in [6.45, 7) is 6.81. The van der Waals surface area contributed by atoms with Crippen LogP contribution in [-0.2, 0) is 17.9 Å². The lowest BCUT2D eigenvalue weighted by Crippen LogP contribution is -2.48. The first-order chi connectivity index (χ1) is 8.29. The second-order valence-corrected chi connectivity index (χ2v) is 5.95. The van der Waals surface area contributed by atoms with Gasteiger partial charge in [0.05, 0.1) is 6.04 Å². The largest absolute Gasteiger partial charge is 0.333 e. The molecule has 0 fully saturated rings. The van der Waals surface area contributed by atoms with E-state index in [1.54, 1.807) is 11.0 Å². The Morgan fingerprint density at radius 1 is 1.33 bits per heavy atom. The van der Waals surface area contributed by atoms with E-state index in [1.807, 2.05) is 20.8 Å². The van der Waals surface area contributed by atoms with Crippen molar-refractivity contribution in [3.8, 4) is 0 Å². The molecule has 2 rings (SSSR count). The third kappa shape index (κ3) is 2.38. The number of nitrogens with two attached hydrogens (primary N) is 1. The highest BCUT2D eigenvalue weighted by Gasteiger charge is 2.33. The maximum Gasteiger partial charge on any atom is 0.240 e. The molecule has 2 N–H and O–H groups in total. The molecule has 3 nitrogen and oxygen atoms in total. The van der Waals surface area contributed by atoms with E-state index in [4.69, 9.17) is 5.73 Å². The average Bonchev–Trinajstić information content (AvgIpc) is 2.68. The molecule has 1 heterocycles. The highest BCUT2D eigenvalue weighted by atomic mass is 19.1. The molecule has 4 heteroatoms. The first-order valence-electron chi connectivity index (χ1n) is 6.10. The molecule has 1 atom stereocenters. The fraction of sp³-hybridized carbons (Fsp3) is 0.500. The molecule has 1 aromatic rings. The van der Waals surface area contributed by atoms with E-state index in [1.165, 1.54) is 12.1 Å². The molecule has 1 amide bonds. The third-order valence-corrected chi connectivity index (χ3v) is 3.40. The van der Waals surface area contributed by atoms with Gasteiger partial charge in [-0.15, -0.1) is 0 Å². The summed E-state index contributed by atoms with van der Waals surface area (Å²) in [5.41, 5.74) is 7.59. The van der Waals surface area contributed by atoms with E-state index in [2.05, 4.69) is 0 Å². The first-order valence-corrected chi connectivity index (χ1v) is 6.10. The molecule has 0 aromatic heterocycles. The van der Waals surface area contributed by atoms with Gasteiger partial charge in [-0.1, -0.05) is 26.8 Å². The minimum atomic E-state index is -0.531. The molecule has 1 aromatic carbocycles. The van der Waals surface area contributed by atoms with Gasteiger partial charge in [-0.25, -0.2) is 4.39 Å². The van der Waals surface area contributed by atoms with Crippen LogP contribution in [0.5, 0.6) is 0 Å². The molecule has 1 aliphatic rings. The summed E-state index contributed by atoms with van der Waals surface area (Å²) in [5, 5.41) is 0. The van der Waals surface area contributed by atoms with Crippen molar-refractivity contribution in [3.63, 3.8) is 0 Å². The molecule has 0 saturated heterocycles. The Morgan fingerprint density at radius 2 is 1.94 bits per heavy atom. The Bertz CT molecular complexity index is 479. The molecular weight excluding hydrogens is 231 g/mol. The quantitative estimate of drug-likeness (QED) is 0.829. The van der Waals surface area contributed by atoms with Crippen LogP contribution >= 0.6 is 0 Å². The normalized spacial score (nSPS) is 16.6. The zero-order chi connectivity index (χ0) is 13.5. The van der Waals surface area contributed by atoms with Gasteiger partial charge in [0.1, 0.15) is 5.82 Å². The summed E-state index contributed by atoms with van der Waals surface area (Å²) in [4.78, 5) is 13.9. The Morgan fingerprint density at radius 3 is 2.56 bits per heavy atom. The van der Waals surface area contributed by atoms with E-state index in [0.29, 0.717) is 13.1 Å². The molecule has 0 radical (unpaired) electrons. The fourth-order valence-electron chi connectivity index (χ4n) is 2.09. The number of carbonyl (C=O) groups is 1. The minimum absolute atomic E-state index is 0.0703. The highest BCUT2D eigenvalue weighted by molar-refractivity contribution is 5.83. The second-order valence-electron chi connectivity index (χ2n) is 5.95. The van der Waals surface area contributed by atoms with Gasteiger partial charge in [-0.3, -0.25) is 4.79 Å². The molecule has 0 aliphatic carbocycles. The lowest BCUT2D eigenvalue weighted by atomic mass is 9.86. The minimum Gasteiger partial charge on any atom is -0.333 e. The van der Waals surface area contributed by atoms with Gasteiger partial charge in [0, 0.05) is 13.1 Å². The lowest BCUT2D eigenvalue weighted by molar-refractivity contribution is -0.135. The summed E-state index contributed by atoms with van der Waals surface area (Å²) in [6, 6.07) is 4.12.